The van der Waals surface area contributed by atoms with E-state index in [1.165, 1.54) is 12.1 Å². The zero-order valence-corrected chi connectivity index (χ0v) is 19.9. The fourth-order valence-corrected chi connectivity index (χ4v) is 3.50. The van der Waals surface area contributed by atoms with Crippen molar-refractivity contribution in [2.45, 2.75) is 12.8 Å². The van der Waals surface area contributed by atoms with Crippen LogP contribution in [0.25, 0.3) is 0 Å². The van der Waals surface area contributed by atoms with Crippen LogP contribution in [-0.2, 0) is 22.3 Å². The molecule has 3 aromatic rings. The number of carboxylic acid groups (broad SMARTS) is 2. The van der Waals surface area contributed by atoms with Gasteiger partial charge >= 0.3 is 11.9 Å². The summed E-state index contributed by atoms with van der Waals surface area (Å²) in [5, 5.41) is 19.1. The van der Waals surface area contributed by atoms with Crippen LogP contribution in [0.4, 0.5) is 0 Å². The van der Waals surface area contributed by atoms with E-state index < -0.39 is 17.5 Å². The van der Waals surface area contributed by atoms with Crippen molar-refractivity contribution in [1.29, 1.82) is 0 Å². The zero-order chi connectivity index (χ0) is 25.6. The average Bonchev–Trinajstić information content (AvgIpc) is 2.89. The van der Waals surface area contributed by atoms with Gasteiger partial charge in [0.2, 0.25) is 0 Å². The fourth-order valence-electron chi connectivity index (χ4n) is 3.50. The van der Waals surface area contributed by atoms with Crippen LogP contribution in [0.5, 0.6) is 11.5 Å². The molecule has 0 aliphatic carbocycles. The highest BCUT2D eigenvalue weighted by atomic mass is 16.6. The molecule has 0 bridgehead atoms. The molecule has 0 heterocycles. The Labute approximate surface area is 210 Å². The van der Waals surface area contributed by atoms with Crippen molar-refractivity contribution in [1.82, 2.24) is 0 Å². The van der Waals surface area contributed by atoms with Crippen molar-refractivity contribution in [2.24, 2.45) is 0 Å². The van der Waals surface area contributed by atoms with Crippen LogP contribution in [0.3, 0.4) is 0 Å². The second-order valence-corrected chi connectivity index (χ2v) is 7.82. The van der Waals surface area contributed by atoms with Crippen molar-refractivity contribution in [3.8, 4) is 11.5 Å². The van der Waals surface area contributed by atoms with Gasteiger partial charge in [0.1, 0.15) is 18.8 Å². The van der Waals surface area contributed by atoms with E-state index in [0.29, 0.717) is 13.2 Å². The molecule has 190 valence electrons. The molecule has 0 atom stereocenters. The molecule has 0 aliphatic rings. The molecule has 0 saturated heterocycles. The summed E-state index contributed by atoms with van der Waals surface area (Å²) in [4.78, 5) is 23.5. The minimum absolute atomic E-state index is 0.0298. The summed E-state index contributed by atoms with van der Waals surface area (Å²) in [6.45, 7) is 1.63. The Bertz CT molecular complexity index is 1100. The SMILES string of the molecule is O=C(O)c1ccc(OCCOCCc2ccccc2)c(OCCOCCc2ccccc2)c1C(=O)O. The van der Waals surface area contributed by atoms with Crippen LogP contribution < -0.4 is 9.47 Å². The van der Waals surface area contributed by atoms with Crippen LogP contribution in [0.2, 0.25) is 0 Å². The first-order valence-electron chi connectivity index (χ1n) is 11.7. The standard InChI is InChI=1S/C28H30O8/c29-27(30)23-11-12-24(35-19-17-33-15-13-21-7-3-1-4-8-21)26(25(23)28(31)32)36-20-18-34-16-14-22-9-5-2-6-10-22/h1-12H,13-20H2,(H,29,30)(H,31,32). The molecular formula is C28H30O8. The summed E-state index contributed by atoms with van der Waals surface area (Å²) < 4.78 is 22.6. The summed E-state index contributed by atoms with van der Waals surface area (Å²) >= 11 is 0. The largest absolute Gasteiger partial charge is 0.487 e. The van der Waals surface area contributed by atoms with Crippen molar-refractivity contribution in [3.63, 3.8) is 0 Å². The Morgan fingerprint density at radius 3 is 1.61 bits per heavy atom. The summed E-state index contributed by atoms with van der Waals surface area (Å²) in [5.74, 6) is -2.80. The number of hydrogen-bond donors (Lipinski definition) is 2. The Morgan fingerprint density at radius 2 is 1.11 bits per heavy atom. The summed E-state index contributed by atoms with van der Waals surface area (Å²) in [6.07, 6.45) is 1.49. The summed E-state index contributed by atoms with van der Waals surface area (Å²) in [5.41, 5.74) is 1.46. The first kappa shape index (κ1) is 26.7. The van der Waals surface area contributed by atoms with Crippen LogP contribution >= 0.6 is 0 Å². The third-order valence-corrected chi connectivity index (χ3v) is 5.28. The van der Waals surface area contributed by atoms with Crippen molar-refractivity contribution >= 4 is 11.9 Å². The Balaban J connectivity index is 1.53. The monoisotopic (exact) mass is 494 g/mol. The topological polar surface area (TPSA) is 112 Å². The van der Waals surface area contributed by atoms with E-state index >= 15 is 0 Å². The Kier molecular flexibility index (Phi) is 10.8. The molecule has 0 saturated carbocycles. The Morgan fingerprint density at radius 1 is 0.583 bits per heavy atom. The third-order valence-electron chi connectivity index (χ3n) is 5.28. The Hall–Kier alpha value is -3.88. The van der Waals surface area contributed by atoms with Gasteiger partial charge in [-0.05, 0) is 36.1 Å². The lowest BCUT2D eigenvalue weighted by Crippen LogP contribution is -2.16. The van der Waals surface area contributed by atoms with Crippen molar-refractivity contribution in [3.05, 3.63) is 95.1 Å². The lowest BCUT2D eigenvalue weighted by molar-refractivity contribution is 0.0639. The first-order chi connectivity index (χ1) is 17.6. The molecule has 0 radical (unpaired) electrons. The van der Waals surface area contributed by atoms with Gasteiger partial charge in [-0.25, -0.2) is 9.59 Å². The molecule has 3 aromatic carbocycles. The van der Waals surface area contributed by atoms with Gasteiger partial charge in [-0.3, -0.25) is 0 Å². The van der Waals surface area contributed by atoms with Gasteiger partial charge < -0.3 is 29.2 Å². The third kappa shape index (κ3) is 8.41. The number of rotatable bonds is 16. The maximum atomic E-state index is 11.9. The first-order valence-corrected chi connectivity index (χ1v) is 11.7. The van der Waals surface area contributed by atoms with Gasteiger partial charge in [-0.15, -0.1) is 0 Å². The molecule has 8 nitrogen and oxygen atoms in total. The minimum Gasteiger partial charge on any atom is -0.487 e. The predicted octanol–water partition coefficient (Wildman–Crippen LogP) is 4.36. The van der Waals surface area contributed by atoms with Gasteiger partial charge in [-0.1, -0.05) is 60.7 Å². The highest BCUT2D eigenvalue weighted by Crippen LogP contribution is 2.34. The quantitative estimate of drug-likeness (QED) is 0.283. The molecule has 0 aliphatic heterocycles. The molecule has 0 amide bonds. The van der Waals surface area contributed by atoms with Gasteiger partial charge in [0, 0.05) is 0 Å². The van der Waals surface area contributed by atoms with E-state index in [9.17, 15) is 19.8 Å². The molecular weight excluding hydrogens is 464 g/mol. The number of aromatic carboxylic acids is 2. The maximum Gasteiger partial charge on any atom is 0.340 e. The van der Waals surface area contributed by atoms with Crippen molar-refractivity contribution < 1.29 is 38.7 Å². The normalized spacial score (nSPS) is 10.7. The molecule has 2 N–H and O–H groups in total. The molecule has 0 fully saturated rings. The minimum atomic E-state index is -1.42. The van der Waals surface area contributed by atoms with E-state index in [1.807, 2.05) is 60.7 Å². The predicted molar refractivity (Wildman–Crippen MR) is 133 cm³/mol. The number of carbonyl (C=O) groups is 2. The average molecular weight is 495 g/mol. The molecule has 3 rings (SSSR count). The van der Waals surface area contributed by atoms with Crippen LogP contribution in [0.1, 0.15) is 31.8 Å². The lowest BCUT2D eigenvalue weighted by Gasteiger charge is -2.16. The fraction of sp³-hybridized carbons (Fsp3) is 0.286. The van der Waals surface area contributed by atoms with E-state index in [4.69, 9.17) is 18.9 Å². The highest BCUT2D eigenvalue weighted by molar-refractivity contribution is 6.04. The summed E-state index contributed by atoms with van der Waals surface area (Å²) in [6, 6.07) is 22.4. The number of hydrogen-bond acceptors (Lipinski definition) is 6. The maximum absolute atomic E-state index is 11.9. The van der Waals surface area contributed by atoms with E-state index in [2.05, 4.69) is 0 Å². The van der Waals surface area contributed by atoms with Gasteiger partial charge in [0.25, 0.3) is 0 Å². The highest BCUT2D eigenvalue weighted by Gasteiger charge is 2.25. The second kappa shape index (κ2) is 14.5. The lowest BCUT2D eigenvalue weighted by atomic mass is 10.1. The number of benzene rings is 3. The molecule has 36 heavy (non-hydrogen) atoms. The van der Waals surface area contributed by atoms with E-state index in [1.54, 1.807) is 0 Å². The molecule has 0 unspecified atom stereocenters. The van der Waals surface area contributed by atoms with Gasteiger partial charge in [-0.2, -0.15) is 0 Å². The van der Waals surface area contributed by atoms with Crippen LogP contribution in [0.15, 0.2) is 72.8 Å². The zero-order valence-electron chi connectivity index (χ0n) is 19.9. The van der Waals surface area contributed by atoms with Gasteiger partial charge in [0.05, 0.1) is 32.0 Å². The van der Waals surface area contributed by atoms with E-state index in [0.717, 1.165) is 24.0 Å². The number of ether oxygens (including phenoxy) is 4. The van der Waals surface area contributed by atoms with Crippen molar-refractivity contribution in [2.75, 3.05) is 39.6 Å². The van der Waals surface area contributed by atoms with Gasteiger partial charge in [0.15, 0.2) is 11.5 Å². The molecule has 0 spiro atoms. The smallest absolute Gasteiger partial charge is 0.340 e. The molecule has 0 aromatic heterocycles. The van der Waals surface area contributed by atoms with Crippen LogP contribution in [-0.4, -0.2) is 61.8 Å². The molecule has 8 heteroatoms. The van der Waals surface area contributed by atoms with E-state index in [-0.39, 0.29) is 43.5 Å². The summed E-state index contributed by atoms with van der Waals surface area (Å²) in [7, 11) is 0. The van der Waals surface area contributed by atoms with Crippen LogP contribution in [0, 0.1) is 0 Å². The number of carboxylic acids is 2. The second-order valence-electron chi connectivity index (χ2n) is 7.82.